The van der Waals surface area contributed by atoms with Gasteiger partial charge >= 0.3 is 0 Å². The molecule has 3 nitrogen and oxygen atoms in total. The zero-order valence-electron chi connectivity index (χ0n) is 11.5. The maximum atomic E-state index is 4.93. The standard InChI is InChI=1S/C16H21N3/c1-2-19-14-9-4-3-8-13(14)18-16(19)15-12-7-5-6-11(12)10-17-15/h3-4,8-9,11-12,15,17H,2,5-7,10H2,1H3. The molecule has 1 aromatic carbocycles. The Morgan fingerprint density at radius 3 is 3.11 bits per heavy atom. The normalized spacial score (nSPS) is 30.1. The third kappa shape index (κ3) is 1.64. The number of benzene rings is 1. The van der Waals surface area contributed by atoms with Crippen LogP contribution in [-0.2, 0) is 6.54 Å². The summed E-state index contributed by atoms with van der Waals surface area (Å²) >= 11 is 0. The van der Waals surface area contributed by atoms with Gasteiger partial charge in [-0.2, -0.15) is 0 Å². The molecule has 1 aliphatic heterocycles. The number of hydrogen-bond acceptors (Lipinski definition) is 2. The van der Waals surface area contributed by atoms with Gasteiger partial charge in [0.25, 0.3) is 0 Å². The quantitative estimate of drug-likeness (QED) is 0.893. The predicted molar refractivity (Wildman–Crippen MR) is 77.0 cm³/mol. The summed E-state index contributed by atoms with van der Waals surface area (Å²) in [6.45, 7) is 4.41. The Kier molecular flexibility index (Phi) is 2.62. The first-order valence-electron chi connectivity index (χ1n) is 7.57. The van der Waals surface area contributed by atoms with Crippen molar-refractivity contribution in [2.24, 2.45) is 11.8 Å². The average Bonchev–Trinajstić information content (AvgIpc) is 3.11. The Morgan fingerprint density at radius 2 is 2.21 bits per heavy atom. The summed E-state index contributed by atoms with van der Waals surface area (Å²) < 4.78 is 2.40. The van der Waals surface area contributed by atoms with Crippen LogP contribution in [0.3, 0.4) is 0 Å². The highest BCUT2D eigenvalue weighted by Crippen LogP contribution is 2.44. The van der Waals surface area contributed by atoms with Crippen molar-refractivity contribution >= 4 is 11.0 Å². The summed E-state index contributed by atoms with van der Waals surface area (Å²) in [7, 11) is 0. The first kappa shape index (κ1) is 11.5. The van der Waals surface area contributed by atoms with Crippen molar-refractivity contribution < 1.29 is 0 Å². The van der Waals surface area contributed by atoms with Crippen LogP contribution in [0.5, 0.6) is 0 Å². The molecule has 3 unspecified atom stereocenters. The van der Waals surface area contributed by atoms with E-state index in [0.29, 0.717) is 6.04 Å². The second-order valence-corrected chi connectivity index (χ2v) is 5.94. The number of aromatic nitrogens is 2. The first-order valence-corrected chi connectivity index (χ1v) is 7.57. The van der Waals surface area contributed by atoms with Crippen molar-refractivity contribution in [3.8, 4) is 0 Å². The minimum atomic E-state index is 0.472. The lowest BCUT2D eigenvalue weighted by atomic mass is 9.93. The Labute approximate surface area is 114 Å². The average molecular weight is 255 g/mol. The summed E-state index contributed by atoms with van der Waals surface area (Å²) in [4.78, 5) is 4.93. The summed E-state index contributed by atoms with van der Waals surface area (Å²) in [6, 6.07) is 8.99. The SMILES string of the molecule is CCn1c(C2NCC3CCCC32)nc2ccccc21. The van der Waals surface area contributed by atoms with Crippen LogP contribution in [0, 0.1) is 11.8 Å². The third-order valence-corrected chi connectivity index (χ3v) is 5.02. The molecule has 4 rings (SSSR count). The molecule has 1 N–H and O–H groups in total. The molecule has 1 aliphatic carbocycles. The van der Waals surface area contributed by atoms with Gasteiger partial charge in [0.05, 0.1) is 17.1 Å². The number of para-hydroxylation sites is 2. The number of hydrogen-bond donors (Lipinski definition) is 1. The van der Waals surface area contributed by atoms with Gasteiger partial charge in [0, 0.05) is 6.54 Å². The molecule has 0 amide bonds. The van der Waals surface area contributed by atoms with Gasteiger partial charge in [-0.3, -0.25) is 0 Å². The van der Waals surface area contributed by atoms with Crippen LogP contribution in [0.4, 0.5) is 0 Å². The van der Waals surface area contributed by atoms with Gasteiger partial charge < -0.3 is 9.88 Å². The van der Waals surface area contributed by atoms with Crippen LogP contribution < -0.4 is 5.32 Å². The van der Waals surface area contributed by atoms with Gasteiger partial charge in [-0.1, -0.05) is 18.6 Å². The number of nitrogens with zero attached hydrogens (tertiary/aromatic N) is 2. The minimum absolute atomic E-state index is 0.472. The minimum Gasteiger partial charge on any atom is -0.327 e. The van der Waals surface area contributed by atoms with Crippen molar-refractivity contribution in [3.05, 3.63) is 30.1 Å². The Bertz CT molecular complexity index is 601. The van der Waals surface area contributed by atoms with Gasteiger partial charge in [0.2, 0.25) is 0 Å². The first-order chi connectivity index (χ1) is 9.38. The van der Waals surface area contributed by atoms with Crippen LogP contribution >= 0.6 is 0 Å². The zero-order valence-corrected chi connectivity index (χ0v) is 11.5. The van der Waals surface area contributed by atoms with E-state index in [-0.39, 0.29) is 0 Å². The Morgan fingerprint density at radius 1 is 1.32 bits per heavy atom. The third-order valence-electron chi connectivity index (χ3n) is 5.02. The number of aryl methyl sites for hydroxylation is 1. The van der Waals surface area contributed by atoms with Crippen LogP contribution in [-0.4, -0.2) is 16.1 Å². The second-order valence-electron chi connectivity index (χ2n) is 5.94. The molecule has 1 saturated heterocycles. The van der Waals surface area contributed by atoms with E-state index in [2.05, 4.69) is 41.1 Å². The van der Waals surface area contributed by atoms with Crippen molar-refractivity contribution in [3.63, 3.8) is 0 Å². The maximum Gasteiger partial charge on any atom is 0.127 e. The largest absolute Gasteiger partial charge is 0.327 e. The fourth-order valence-electron chi connectivity index (χ4n) is 4.13. The molecule has 2 heterocycles. The van der Waals surface area contributed by atoms with E-state index in [1.54, 1.807) is 0 Å². The number of fused-ring (bicyclic) bond motifs is 2. The van der Waals surface area contributed by atoms with E-state index < -0.39 is 0 Å². The van der Waals surface area contributed by atoms with Gasteiger partial charge in [-0.25, -0.2) is 4.98 Å². The lowest BCUT2D eigenvalue weighted by molar-refractivity contribution is 0.399. The lowest BCUT2D eigenvalue weighted by Crippen LogP contribution is -2.22. The van der Waals surface area contributed by atoms with Crippen molar-refractivity contribution in [2.45, 2.75) is 38.8 Å². The molecule has 0 bridgehead atoms. The molecule has 2 fully saturated rings. The van der Waals surface area contributed by atoms with E-state index in [1.165, 1.54) is 37.1 Å². The van der Waals surface area contributed by atoms with Gasteiger partial charge in [-0.05, 0) is 50.3 Å². The van der Waals surface area contributed by atoms with E-state index >= 15 is 0 Å². The van der Waals surface area contributed by atoms with E-state index in [4.69, 9.17) is 4.98 Å². The monoisotopic (exact) mass is 255 g/mol. The summed E-state index contributed by atoms with van der Waals surface area (Å²) in [6.07, 6.45) is 4.18. The Balaban J connectivity index is 1.82. The second kappa shape index (κ2) is 4.34. The van der Waals surface area contributed by atoms with Gasteiger partial charge in [0.1, 0.15) is 5.82 Å². The van der Waals surface area contributed by atoms with Crippen molar-refractivity contribution in [1.29, 1.82) is 0 Å². The molecule has 19 heavy (non-hydrogen) atoms. The number of imidazole rings is 1. The Hall–Kier alpha value is -1.35. The smallest absolute Gasteiger partial charge is 0.127 e. The summed E-state index contributed by atoms with van der Waals surface area (Å²) in [5.41, 5.74) is 2.42. The van der Waals surface area contributed by atoms with E-state index in [1.807, 2.05) is 0 Å². The maximum absolute atomic E-state index is 4.93. The fourth-order valence-corrected chi connectivity index (χ4v) is 4.13. The predicted octanol–water partition coefficient (Wildman–Crippen LogP) is 3.12. The summed E-state index contributed by atoms with van der Waals surface area (Å²) in [5, 5.41) is 3.73. The topological polar surface area (TPSA) is 29.9 Å². The number of rotatable bonds is 2. The van der Waals surface area contributed by atoms with Gasteiger partial charge in [-0.15, -0.1) is 0 Å². The van der Waals surface area contributed by atoms with Crippen molar-refractivity contribution in [1.82, 2.24) is 14.9 Å². The van der Waals surface area contributed by atoms with E-state index in [0.717, 1.165) is 23.9 Å². The van der Waals surface area contributed by atoms with Crippen LogP contribution in [0.1, 0.15) is 38.1 Å². The van der Waals surface area contributed by atoms with Gasteiger partial charge in [0.15, 0.2) is 0 Å². The fraction of sp³-hybridized carbons (Fsp3) is 0.562. The molecule has 2 aliphatic rings. The van der Waals surface area contributed by atoms with Crippen LogP contribution in [0.25, 0.3) is 11.0 Å². The number of nitrogens with one attached hydrogen (secondary N) is 1. The molecule has 0 radical (unpaired) electrons. The lowest BCUT2D eigenvalue weighted by Gasteiger charge is -2.19. The van der Waals surface area contributed by atoms with Crippen LogP contribution in [0.2, 0.25) is 0 Å². The van der Waals surface area contributed by atoms with Crippen molar-refractivity contribution in [2.75, 3.05) is 6.54 Å². The molecule has 1 aromatic heterocycles. The molecule has 0 spiro atoms. The molecule has 1 saturated carbocycles. The highest BCUT2D eigenvalue weighted by molar-refractivity contribution is 5.76. The summed E-state index contributed by atoms with van der Waals surface area (Å²) in [5.74, 6) is 2.95. The molecule has 3 atom stereocenters. The molecular weight excluding hydrogens is 234 g/mol. The van der Waals surface area contributed by atoms with Crippen LogP contribution in [0.15, 0.2) is 24.3 Å². The molecular formula is C16H21N3. The highest BCUT2D eigenvalue weighted by atomic mass is 15.1. The molecule has 2 aromatic rings. The van der Waals surface area contributed by atoms with E-state index in [9.17, 15) is 0 Å². The molecule has 100 valence electrons. The zero-order chi connectivity index (χ0) is 12.8. The molecule has 3 heteroatoms. The highest BCUT2D eigenvalue weighted by Gasteiger charge is 2.41.